The Labute approximate surface area is 263 Å². The molecule has 0 unspecified atom stereocenters. The second-order valence-electron chi connectivity index (χ2n) is 9.90. The van der Waals surface area contributed by atoms with E-state index in [1.165, 1.54) is 0 Å². The molecule has 0 amide bonds. The van der Waals surface area contributed by atoms with Gasteiger partial charge in [-0.15, -0.1) is 0 Å². The number of ketones is 1. The highest BCUT2D eigenvalue weighted by Gasteiger charge is 2.19. The summed E-state index contributed by atoms with van der Waals surface area (Å²) in [7, 11) is 0. The minimum Gasteiger partial charge on any atom is -0.289 e. The van der Waals surface area contributed by atoms with Crippen molar-refractivity contribution in [2.45, 2.75) is 0 Å². The van der Waals surface area contributed by atoms with E-state index in [2.05, 4.69) is 19.9 Å². The second-order valence-corrected chi connectivity index (χ2v) is 9.90. The van der Waals surface area contributed by atoms with E-state index in [4.69, 9.17) is 0 Å². The van der Waals surface area contributed by atoms with Crippen molar-refractivity contribution in [2.75, 3.05) is 0 Å². The first kappa shape index (κ1) is 28.8. The Bertz CT molecular complexity index is 2120. The summed E-state index contributed by atoms with van der Waals surface area (Å²) in [5.74, 6) is -0.225. The van der Waals surface area contributed by atoms with Crippen LogP contribution >= 0.6 is 0 Å². The number of benzene rings is 4. The minimum atomic E-state index is -0.225. The quantitative estimate of drug-likeness (QED) is 0.193. The monoisotopic (exact) mass is 590 g/mol. The lowest BCUT2D eigenvalue weighted by atomic mass is 9.97. The number of rotatable bonds is 6. The zero-order valence-electron chi connectivity index (χ0n) is 23.9. The Kier molecular flexibility index (Phi) is 7.82. The average Bonchev–Trinajstić information content (AvgIpc) is 3.14. The Hall–Kier alpha value is -7.33. The van der Waals surface area contributed by atoms with Crippen LogP contribution in [0.2, 0.25) is 0 Å². The van der Waals surface area contributed by atoms with Gasteiger partial charge in [-0.1, -0.05) is 109 Å². The van der Waals surface area contributed by atoms with Crippen molar-refractivity contribution < 1.29 is 4.79 Å². The SMILES string of the molecule is N#Cc1nc(-c2ccccc2)c(-c2ccc(C(=O)c3ccc(-c4nc(C#N)c(C#N)nc4-c4ccccc4)cc3)cc2)nc1C#N. The lowest BCUT2D eigenvalue weighted by Gasteiger charge is -2.11. The minimum absolute atomic E-state index is 0.0629. The van der Waals surface area contributed by atoms with Gasteiger partial charge in [0.2, 0.25) is 0 Å². The third-order valence-corrected chi connectivity index (χ3v) is 7.15. The van der Waals surface area contributed by atoms with Crippen LogP contribution in [0.25, 0.3) is 45.0 Å². The number of carbonyl (C=O) groups is 1. The van der Waals surface area contributed by atoms with E-state index in [-0.39, 0.29) is 28.6 Å². The molecule has 6 aromatic rings. The number of nitriles is 4. The van der Waals surface area contributed by atoms with Gasteiger partial charge in [0.05, 0.1) is 22.8 Å². The summed E-state index contributed by atoms with van der Waals surface area (Å²) in [6.07, 6.45) is 0. The molecule has 9 heteroatoms. The maximum absolute atomic E-state index is 13.5. The number of hydrogen-bond acceptors (Lipinski definition) is 9. The predicted octanol–water partition coefficient (Wildman–Crippen LogP) is 6.65. The van der Waals surface area contributed by atoms with Crippen molar-refractivity contribution in [3.05, 3.63) is 143 Å². The molecule has 212 valence electrons. The van der Waals surface area contributed by atoms with Crippen molar-refractivity contribution >= 4 is 5.78 Å². The van der Waals surface area contributed by atoms with E-state index in [0.717, 1.165) is 11.1 Å². The summed E-state index contributed by atoms with van der Waals surface area (Å²) < 4.78 is 0. The van der Waals surface area contributed by atoms with Crippen LogP contribution < -0.4 is 0 Å². The van der Waals surface area contributed by atoms with Crippen molar-refractivity contribution in [1.82, 2.24) is 19.9 Å². The van der Waals surface area contributed by atoms with Gasteiger partial charge in [0.25, 0.3) is 0 Å². The molecule has 6 rings (SSSR count). The molecule has 4 aromatic carbocycles. The highest BCUT2D eigenvalue weighted by Crippen LogP contribution is 2.32. The molecule has 0 radical (unpaired) electrons. The topological polar surface area (TPSA) is 164 Å². The average molecular weight is 591 g/mol. The van der Waals surface area contributed by atoms with Crippen LogP contribution in [0, 0.1) is 45.3 Å². The summed E-state index contributed by atoms with van der Waals surface area (Å²) >= 11 is 0. The molecule has 0 fully saturated rings. The molecule has 0 saturated carbocycles. The standard InChI is InChI=1S/C37H18N8O/c38-19-29-31(21-40)44-35(33(42-29)23-7-3-1-4-8-23)25-11-15-27(16-12-25)37(46)28-17-13-26(14-18-28)36-34(24-9-5-2-6-10-24)43-30(20-39)32(22-41)45-36/h1-18H. The first-order chi connectivity index (χ1) is 22.5. The first-order valence-electron chi connectivity index (χ1n) is 13.9. The van der Waals surface area contributed by atoms with Crippen molar-refractivity contribution in [3.8, 4) is 69.3 Å². The van der Waals surface area contributed by atoms with Crippen LogP contribution in [0.4, 0.5) is 0 Å². The Morgan fingerprint density at radius 3 is 0.913 bits per heavy atom. The third kappa shape index (κ3) is 5.43. The molecule has 0 aliphatic carbocycles. The smallest absolute Gasteiger partial charge is 0.193 e. The van der Waals surface area contributed by atoms with E-state index in [0.29, 0.717) is 45.0 Å². The van der Waals surface area contributed by atoms with E-state index in [1.54, 1.807) is 48.5 Å². The van der Waals surface area contributed by atoms with Crippen molar-refractivity contribution in [2.24, 2.45) is 0 Å². The van der Waals surface area contributed by atoms with Gasteiger partial charge >= 0.3 is 0 Å². The largest absolute Gasteiger partial charge is 0.289 e. The molecule has 2 aromatic heterocycles. The maximum atomic E-state index is 13.5. The third-order valence-electron chi connectivity index (χ3n) is 7.15. The fourth-order valence-corrected chi connectivity index (χ4v) is 4.91. The fraction of sp³-hybridized carbons (Fsp3) is 0. The number of hydrogen-bond donors (Lipinski definition) is 0. The van der Waals surface area contributed by atoms with E-state index in [9.17, 15) is 25.8 Å². The van der Waals surface area contributed by atoms with Gasteiger partial charge in [0, 0.05) is 33.4 Å². The Morgan fingerprint density at radius 1 is 0.391 bits per heavy atom. The van der Waals surface area contributed by atoms with Crippen LogP contribution in [0.3, 0.4) is 0 Å². The normalized spacial score (nSPS) is 10.2. The first-order valence-corrected chi connectivity index (χ1v) is 13.9. The highest BCUT2D eigenvalue weighted by atomic mass is 16.1. The maximum Gasteiger partial charge on any atom is 0.193 e. The van der Waals surface area contributed by atoms with Crippen molar-refractivity contribution in [1.29, 1.82) is 21.0 Å². The predicted molar refractivity (Wildman–Crippen MR) is 168 cm³/mol. The van der Waals surface area contributed by atoms with Gasteiger partial charge in [0.1, 0.15) is 24.3 Å². The zero-order chi connectivity index (χ0) is 32.0. The molecule has 0 spiro atoms. The van der Waals surface area contributed by atoms with Gasteiger partial charge in [-0.25, -0.2) is 19.9 Å². The van der Waals surface area contributed by atoms with Crippen molar-refractivity contribution in [3.63, 3.8) is 0 Å². The zero-order valence-corrected chi connectivity index (χ0v) is 23.9. The lowest BCUT2D eigenvalue weighted by Crippen LogP contribution is -2.04. The lowest BCUT2D eigenvalue weighted by molar-refractivity contribution is 0.103. The molecule has 9 nitrogen and oxygen atoms in total. The summed E-state index contributed by atoms with van der Waals surface area (Å²) in [4.78, 5) is 31.2. The molecule has 0 aliphatic heterocycles. The fourth-order valence-electron chi connectivity index (χ4n) is 4.91. The van der Waals surface area contributed by atoms with E-state index >= 15 is 0 Å². The van der Waals surface area contributed by atoms with E-state index < -0.39 is 0 Å². The summed E-state index contributed by atoms with van der Waals surface area (Å²) in [5.41, 5.74) is 5.01. The molecule has 0 atom stereocenters. The van der Waals surface area contributed by atoms with Gasteiger partial charge in [0.15, 0.2) is 28.6 Å². The highest BCUT2D eigenvalue weighted by molar-refractivity contribution is 6.09. The molecular formula is C37H18N8O. The second kappa shape index (κ2) is 12.5. The number of aromatic nitrogens is 4. The molecule has 2 heterocycles. The summed E-state index contributed by atoms with van der Waals surface area (Å²) in [6.45, 7) is 0. The molecule has 46 heavy (non-hydrogen) atoms. The molecule has 0 aliphatic rings. The van der Waals surface area contributed by atoms with Gasteiger partial charge < -0.3 is 0 Å². The van der Waals surface area contributed by atoms with Crippen LogP contribution in [0.1, 0.15) is 38.7 Å². The Morgan fingerprint density at radius 2 is 0.652 bits per heavy atom. The van der Waals surface area contributed by atoms with Gasteiger partial charge in [-0.3, -0.25) is 4.79 Å². The van der Waals surface area contributed by atoms with E-state index in [1.807, 2.05) is 84.9 Å². The van der Waals surface area contributed by atoms with Crippen LogP contribution in [-0.4, -0.2) is 25.7 Å². The molecule has 0 N–H and O–H groups in total. The molecular weight excluding hydrogens is 572 g/mol. The number of nitrogens with zero attached hydrogens (tertiary/aromatic N) is 8. The Balaban J connectivity index is 1.33. The molecule has 0 saturated heterocycles. The molecule has 0 bridgehead atoms. The van der Waals surface area contributed by atoms with Gasteiger partial charge in [-0.05, 0) is 0 Å². The van der Waals surface area contributed by atoms with Crippen LogP contribution in [0.5, 0.6) is 0 Å². The van der Waals surface area contributed by atoms with Crippen LogP contribution in [-0.2, 0) is 0 Å². The van der Waals surface area contributed by atoms with Gasteiger partial charge in [-0.2, -0.15) is 21.0 Å². The van der Waals surface area contributed by atoms with Crippen LogP contribution in [0.15, 0.2) is 109 Å². The number of carbonyl (C=O) groups excluding carboxylic acids is 1. The summed E-state index contributed by atoms with van der Waals surface area (Å²) in [5, 5.41) is 38.1. The summed E-state index contributed by atoms with van der Waals surface area (Å²) in [6, 6.07) is 39.8.